The van der Waals surface area contributed by atoms with Gasteiger partial charge in [0, 0.05) is 5.02 Å². The first-order chi connectivity index (χ1) is 4.61. The van der Waals surface area contributed by atoms with E-state index in [9.17, 15) is 4.39 Å². The zero-order chi connectivity index (χ0) is 7.72. The lowest BCUT2D eigenvalue weighted by Gasteiger charge is -1.98. The summed E-state index contributed by atoms with van der Waals surface area (Å²) in [4.78, 5) is 0. The Hall–Kier alpha value is -0.205. The van der Waals surface area contributed by atoms with Crippen LogP contribution in [0.1, 0.15) is 0 Å². The van der Waals surface area contributed by atoms with E-state index in [0.717, 1.165) is 0 Å². The van der Waals surface area contributed by atoms with Gasteiger partial charge in [-0.2, -0.15) is 0 Å². The Balaban J connectivity index is 3.31. The van der Waals surface area contributed by atoms with E-state index in [4.69, 9.17) is 23.2 Å². The minimum Gasteiger partial charge on any atom is -0.206 e. The van der Waals surface area contributed by atoms with E-state index in [0.29, 0.717) is 10.5 Å². The highest BCUT2D eigenvalue weighted by Gasteiger charge is 2.03. The summed E-state index contributed by atoms with van der Waals surface area (Å²) in [7, 11) is 1.62. The summed E-state index contributed by atoms with van der Waals surface area (Å²) >= 11 is 11.0. The van der Waals surface area contributed by atoms with Crippen molar-refractivity contribution in [3.63, 3.8) is 0 Å². The van der Waals surface area contributed by atoms with Gasteiger partial charge in [0.05, 0.1) is 5.02 Å². The Morgan fingerprint density at radius 3 is 2.40 bits per heavy atom. The van der Waals surface area contributed by atoms with Crippen molar-refractivity contribution >= 4 is 36.5 Å². The van der Waals surface area contributed by atoms with Crippen LogP contribution in [-0.4, -0.2) is 7.85 Å². The molecule has 0 radical (unpaired) electrons. The molecule has 0 unspecified atom stereocenters. The van der Waals surface area contributed by atoms with Gasteiger partial charge in [-0.3, -0.25) is 0 Å². The van der Waals surface area contributed by atoms with Gasteiger partial charge < -0.3 is 0 Å². The van der Waals surface area contributed by atoms with Crippen molar-refractivity contribution < 1.29 is 4.39 Å². The topological polar surface area (TPSA) is 0 Å². The SMILES string of the molecule is Bc1cc(Cl)cc(Cl)c1F. The molecule has 0 saturated heterocycles. The molecule has 1 aromatic carbocycles. The van der Waals surface area contributed by atoms with E-state index in [-0.39, 0.29) is 5.02 Å². The Morgan fingerprint density at radius 2 is 1.90 bits per heavy atom. The number of benzene rings is 1. The second-order valence-electron chi connectivity index (χ2n) is 2.02. The molecule has 0 spiro atoms. The molecule has 0 aromatic heterocycles. The van der Waals surface area contributed by atoms with Crippen LogP contribution in [0.3, 0.4) is 0 Å². The average molecular weight is 177 g/mol. The third-order valence-corrected chi connectivity index (χ3v) is 1.67. The molecule has 0 atom stereocenters. The van der Waals surface area contributed by atoms with E-state index in [1.807, 2.05) is 0 Å². The van der Waals surface area contributed by atoms with Crippen molar-refractivity contribution in [3.05, 3.63) is 28.0 Å². The Bertz CT molecular complexity index is 239. The van der Waals surface area contributed by atoms with Crippen molar-refractivity contribution in [1.29, 1.82) is 0 Å². The molecule has 52 valence electrons. The molecule has 0 N–H and O–H groups in total. The van der Waals surface area contributed by atoms with E-state index in [1.165, 1.54) is 12.1 Å². The summed E-state index contributed by atoms with van der Waals surface area (Å²) in [6, 6.07) is 2.91. The minimum atomic E-state index is -0.397. The Kier molecular flexibility index (Phi) is 2.22. The Labute approximate surface area is 69.4 Å². The molecule has 0 aliphatic rings. The van der Waals surface area contributed by atoms with Crippen molar-refractivity contribution in [2.75, 3.05) is 0 Å². The fraction of sp³-hybridized carbons (Fsp3) is 0. The van der Waals surface area contributed by atoms with Crippen LogP contribution in [0.15, 0.2) is 12.1 Å². The van der Waals surface area contributed by atoms with Gasteiger partial charge in [-0.05, 0) is 12.1 Å². The number of hydrogen-bond donors (Lipinski definition) is 0. The normalized spacial score (nSPS) is 9.90. The summed E-state index contributed by atoms with van der Waals surface area (Å²) in [6.07, 6.45) is 0. The molecular weight excluding hydrogens is 173 g/mol. The maximum Gasteiger partial charge on any atom is 0.143 e. The van der Waals surface area contributed by atoms with Crippen LogP contribution in [-0.2, 0) is 0 Å². The van der Waals surface area contributed by atoms with E-state index in [2.05, 4.69) is 0 Å². The lowest BCUT2D eigenvalue weighted by Crippen LogP contribution is -2.07. The summed E-state index contributed by atoms with van der Waals surface area (Å²) < 4.78 is 12.7. The van der Waals surface area contributed by atoms with Gasteiger partial charge in [-0.15, -0.1) is 0 Å². The van der Waals surface area contributed by atoms with Gasteiger partial charge in [-0.1, -0.05) is 28.7 Å². The molecule has 0 heterocycles. The molecule has 0 aliphatic carbocycles. The highest BCUT2D eigenvalue weighted by molar-refractivity contribution is 6.40. The number of hydrogen-bond acceptors (Lipinski definition) is 0. The van der Waals surface area contributed by atoms with Crippen LogP contribution in [0.4, 0.5) is 4.39 Å². The lowest BCUT2D eigenvalue weighted by atomic mass is 9.96. The summed E-state index contributed by atoms with van der Waals surface area (Å²) in [5, 5.41) is 0.536. The molecule has 1 aromatic rings. The van der Waals surface area contributed by atoms with Crippen LogP contribution >= 0.6 is 23.2 Å². The molecule has 0 aliphatic heterocycles. The van der Waals surface area contributed by atoms with Gasteiger partial charge in [0.1, 0.15) is 13.7 Å². The maximum absolute atomic E-state index is 12.7. The monoisotopic (exact) mass is 176 g/mol. The molecule has 0 nitrogen and oxygen atoms in total. The summed E-state index contributed by atoms with van der Waals surface area (Å²) in [5.41, 5.74) is 0.470. The van der Waals surface area contributed by atoms with Gasteiger partial charge >= 0.3 is 0 Å². The highest BCUT2D eigenvalue weighted by Crippen LogP contribution is 2.16. The van der Waals surface area contributed by atoms with Crippen LogP contribution < -0.4 is 5.46 Å². The average Bonchev–Trinajstić information content (AvgIpc) is 1.82. The first kappa shape index (κ1) is 7.90. The maximum atomic E-state index is 12.7. The Morgan fingerprint density at radius 1 is 1.30 bits per heavy atom. The van der Waals surface area contributed by atoms with Crippen LogP contribution in [0.25, 0.3) is 0 Å². The molecule has 0 bridgehead atoms. The van der Waals surface area contributed by atoms with E-state index < -0.39 is 5.82 Å². The molecule has 1 rings (SSSR count). The first-order valence-corrected chi connectivity index (χ1v) is 3.48. The van der Waals surface area contributed by atoms with Crippen molar-refractivity contribution in [2.24, 2.45) is 0 Å². The van der Waals surface area contributed by atoms with Crippen molar-refractivity contribution in [2.45, 2.75) is 0 Å². The predicted octanol–water partition coefficient (Wildman–Crippen LogP) is 1.39. The lowest BCUT2D eigenvalue weighted by molar-refractivity contribution is 0.636. The smallest absolute Gasteiger partial charge is 0.143 e. The quantitative estimate of drug-likeness (QED) is 0.414. The van der Waals surface area contributed by atoms with Gasteiger partial charge in [0.2, 0.25) is 0 Å². The number of halogens is 3. The van der Waals surface area contributed by atoms with Crippen LogP contribution in [0.2, 0.25) is 10.0 Å². The minimum absolute atomic E-state index is 0.0741. The zero-order valence-electron chi connectivity index (χ0n) is 5.29. The molecule has 0 saturated carbocycles. The molecule has 4 heteroatoms. The second-order valence-corrected chi connectivity index (χ2v) is 2.86. The molecular formula is C6H4BCl2F. The third-order valence-electron chi connectivity index (χ3n) is 1.17. The summed E-state index contributed by atoms with van der Waals surface area (Å²) in [6.45, 7) is 0. The van der Waals surface area contributed by atoms with Gasteiger partial charge in [0.15, 0.2) is 0 Å². The predicted molar refractivity (Wildman–Crippen MR) is 44.6 cm³/mol. The van der Waals surface area contributed by atoms with Crippen LogP contribution in [0, 0.1) is 5.82 Å². The molecule has 0 fully saturated rings. The van der Waals surface area contributed by atoms with Crippen molar-refractivity contribution in [1.82, 2.24) is 0 Å². The fourth-order valence-electron chi connectivity index (χ4n) is 0.685. The van der Waals surface area contributed by atoms with Crippen molar-refractivity contribution in [3.8, 4) is 0 Å². The van der Waals surface area contributed by atoms with Gasteiger partial charge in [0.25, 0.3) is 0 Å². The van der Waals surface area contributed by atoms with Crippen LogP contribution in [0.5, 0.6) is 0 Å². The van der Waals surface area contributed by atoms with Gasteiger partial charge in [-0.25, -0.2) is 4.39 Å². The zero-order valence-corrected chi connectivity index (χ0v) is 6.80. The molecule has 10 heavy (non-hydrogen) atoms. The largest absolute Gasteiger partial charge is 0.206 e. The first-order valence-electron chi connectivity index (χ1n) is 2.72. The standard InChI is InChI=1S/C6H4BCl2F/c7-4-1-3(8)2-5(9)6(4)10/h1-2H,7H2. The summed E-state index contributed by atoms with van der Waals surface area (Å²) in [5.74, 6) is -0.397. The van der Waals surface area contributed by atoms with E-state index >= 15 is 0 Å². The highest BCUT2D eigenvalue weighted by atomic mass is 35.5. The molecule has 0 amide bonds. The fourth-order valence-corrected chi connectivity index (χ4v) is 1.28. The second kappa shape index (κ2) is 2.81. The third kappa shape index (κ3) is 1.44. The van der Waals surface area contributed by atoms with E-state index in [1.54, 1.807) is 7.85 Å². The number of rotatable bonds is 0.